The third-order valence-electron chi connectivity index (χ3n) is 12.9. The molecule has 0 saturated heterocycles. The fourth-order valence-electron chi connectivity index (χ4n) is 10.4. The monoisotopic (exact) mass is 667 g/mol. The van der Waals surface area contributed by atoms with Crippen LogP contribution in [0.15, 0.2) is 85.0 Å². The molecular formula is C45H65NO3. The molecule has 3 aliphatic carbocycles. The Labute approximate surface area is 297 Å². The van der Waals surface area contributed by atoms with Gasteiger partial charge < -0.3 is 15.9 Å². The molecule has 0 heterocycles. The van der Waals surface area contributed by atoms with Gasteiger partial charge in [-0.2, -0.15) is 0 Å². The summed E-state index contributed by atoms with van der Waals surface area (Å²) in [6, 6.07) is 21.7. The van der Waals surface area contributed by atoms with E-state index in [1.54, 1.807) is 6.92 Å². The van der Waals surface area contributed by atoms with Crippen molar-refractivity contribution in [1.29, 1.82) is 0 Å². The second-order valence-corrected chi connectivity index (χ2v) is 16.0. The van der Waals surface area contributed by atoms with Gasteiger partial charge in [-0.25, -0.2) is 0 Å². The Morgan fingerprint density at radius 1 is 0.898 bits per heavy atom. The maximum absolute atomic E-state index is 13.1. The van der Waals surface area contributed by atoms with E-state index < -0.39 is 18.0 Å². The van der Waals surface area contributed by atoms with Gasteiger partial charge in [0.15, 0.2) is 0 Å². The van der Waals surface area contributed by atoms with Gasteiger partial charge in [0.2, 0.25) is 0 Å². The first-order chi connectivity index (χ1) is 23.9. The lowest BCUT2D eigenvalue weighted by atomic mass is 9.51. The molecule has 5 rings (SSSR count). The average molecular weight is 668 g/mol. The van der Waals surface area contributed by atoms with Gasteiger partial charge >= 0.3 is 5.97 Å². The first kappa shape index (κ1) is 37.6. The Morgan fingerprint density at radius 3 is 2.22 bits per heavy atom. The lowest BCUT2D eigenvalue weighted by Crippen LogP contribution is -2.52. The number of aryl methyl sites for hydroxylation is 1. The van der Waals surface area contributed by atoms with Crippen LogP contribution < -0.4 is 5.73 Å². The van der Waals surface area contributed by atoms with Gasteiger partial charge in [-0.15, -0.1) is 0 Å². The van der Waals surface area contributed by atoms with E-state index in [4.69, 9.17) is 5.73 Å². The first-order valence-corrected chi connectivity index (χ1v) is 20.0. The molecule has 4 N–H and O–H groups in total. The molecule has 0 radical (unpaired) electrons. The van der Waals surface area contributed by atoms with Crippen molar-refractivity contribution in [2.45, 2.75) is 128 Å². The van der Waals surface area contributed by atoms with Crippen molar-refractivity contribution in [2.24, 2.45) is 47.2 Å². The van der Waals surface area contributed by atoms with E-state index in [2.05, 4.69) is 85.0 Å². The van der Waals surface area contributed by atoms with Crippen molar-refractivity contribution in [3.05, 3.63) is 96.1 Å². The third-order valence-corrected chi connectivity index (χ3v) is 12.9. The molecule has 0 bridgehead atoms. The third kappa shape index (κ3) is 9.97. The Bertz CT molecular complexity index is 1290. The topological polar surface area (TPSA) is 83.5 Å². The van der Waals surface area contributed by atoms with Gasteiger partial charge in [0, 0.05) is 5.41 Å². The molecule has 268 valence electrons. The zero-order valence-corrected chi connectivity index (χ0v) is 30.3. The summed E-state index contributed by atoms with van der Waals surface area (Å²) in [4.78, 5) is 13.1. The van der Waals surface area contributed by atoms with Crippen molar-refractivity contribution in [2.75, 3.05) is 6.54 Å². The predicted molar refractivity (Wildman–Crippen MR) is 203 cm³/mol. The second kappa shape index (κ2) is 19.1. The van der Waals surface area contributed by atoms with Crippen molar-refractivity contribution in [3.8, 4) is 0 Å². The Morgan fingerprint density at radius 2 is 1.57 bits per heavy atom. The van der Waals surface area contributed by atoms with Crippen molar-refractivity contribution in [3.63, 3.8) is 0 Å². The molecule has 0 spiro atoms. The lowest BCUT2D eigenvalue weighted by Gasteiger charge is -2.53. The summed E-state index contributed by atoms with van der Waals surface area (Å²) in [6.45, 7) is 2.22. The molecule has 4 nitrogen and oxygen atoms in total. The van der Waals surface area contributed by atoms with E-state index >= 15 is 0 Å². The van der Waals surface area contributed by atoms with Crippen LogP contribution in [0, 0.1) is 41.4 Å². The van der Waals surface area contributed by atoms with E-state index in [1.165, 1.54) is 62.5 Å². The highest BCUT2D eigenvalue weighted by atomic mass is 16.4. The van der Waals surface area contributed by atoms with Crippen LogP contribution in [0.1, 0.15) is 121 Å². The Hall–Kier alpha value is -2.69. The number of carbonyl (C=O) groups is 1. The first-order valence-electron chi connectivity index (χ1n) is 20.0. The number of hydrogen-bond donors (Lipinski definition) is 3. The maximum Gasteiger partial charge on any atom is 0.309 e. The number of aliphatic hydroxyl groups excluding tert-OH is 1. The van der Waals surface area contributed by atoms with Crippen LogP contribution >= 0.6 is 0 Å². The fraction of sp³-hybridized carbons (Fsp3) is 0.622. The SMILES string of the molecule is C[C@H](O)[C@H](C(=O)O)[C@H]1C(C2(c3ccccc3)CCCCC2)C=C[C@@H](C[C@@H](CC=CCCC2CCCCC2)CCc2ccccc2)[C@H]1CCN. The molecule has 3 aliphatic rings. The number of benzene rings is 2. The molecule has 7 atom stereocenters. The summed E-state index contributed by atoms with van der Waals surface area (Å²) < 4.78 is 0. The number of rotatable bonds is 17. The minimum atomic E-state index is -0.935. The fourth-order valence-corrected chi connectivity index (χ4v) is 10.4. The second-order valence-electron chi connectivity index (χ2n) is 16.0. The van der Waals surface area contributed by atoms with Gasteiger partial charge in [0.05, 0.1) is 12.0 Å². The number of nitrogens with two attached hydrogens (primary N) is 1. The van der Waals surface area contributed by atoms with Gasteiger partial charge in [0.25, 0.3) is 0 Å². The van der Waals surface area contributed by atoms with E-state index in [1.807, 2.05) is 0 Å². The van der Waals surface area contributed by atoms with Crippen LogP contribution in [0.2, 0.25) is 0 Å². The normalized spacial score (nSPS) is 26.3. The summed E-state index contributed by atoms with van der Waals surface area (Å²) in [5.74, 6) is -0.116. The van der Waals surface area contributed by atoms with Crippen LogP contribution in [0.3, 0.4) is 0 Å². The summed E-state index contributed by atoms with van der Waals surface area (Å²) in [5, 5.41) is 22.0. The number of hydrogen-bond acceptors (Lipinski definition) is 3. The van der Waals surface area contributed by atoms with E-state index in [0.29, 0.717) is 12.5 Å². The van der Waals surface area contributed by atoms with E-state index in [-0.39, 0.29) is 29.1 Å². The summed E-state index contributed by atoms with van der Waals surface area (Å²) in [5.41, 5.74) is 8.98. The number of aliphatic carboxylic acids is 1. The van der Waals surface area contributed by atoms with Crippen molar-refractivity contribution < 1.29 is 15.0 Å². The van der Waals surface area contributed by atoms with E-state index in [0.717, 1.165) is 63.7 Å². The molecule has 2 fully saturated rings. The minimum absolute atomic E-state index is 0.0427. The molecule has 0 aromatic heterocycles. The van der Waals surface area contributed by atoms with Crippen LogP contribution in [0.5, 0.6) is 0 Å². The highest BCUT2D eigenvalue weighted by molar-refractivity contribution is 5.71. The maximum atomic E-state index is 13.1. The smallest absolute Gasteiger partial charge is 0.309 e. The molecule has 0 aliphatic heterocycles. The predicted octanol–water partition coefficient (Wildman–Crippen LogP) is 10.3. The zero-order valence-electron chi connectivity index (χ0n) is 30.3. The lowest BCUT2D eigenvalue weighted by molar-refractivity contribution is -0.152. The van der Waals surface area contributed by atoms with Gasteiger partial charge in [-0.3, -0.25) is 4.79 Å². The minimum Gasteiger partial charge on any atom is -0.481 e. The average Bonchev–Trinajstić information content (AvgIpc) is 3.13. The molecule has 2 aromatic rings. The van der Waals surface area contributed by atoms with Crippen molar-refractivity contribution in [1.82, 2.24) is 0 Å². The molecular weight excluding hydrogens is 602 g/mol. The van der Waals surface area contributed by atoms with Gasteiger partial charge in [0.1, 0.15) is 0 Å². The van der Waals surface area contributed by atoms with Crippen LogP contribution in [-0.4, -0.2) is 28.8 Å². The molecule has 49 heavy (non-hydrogen) atoms. The summed E-state index contributed by atoms with van der Waals surface area (Å²) in [6.07, 6.45) is 29.0. The summed E-state index contributed by atoms with van der Waals surface area (Å²) >= 11 is 0. The number of carboxylic acids is 1. The number of aliphatic hydroxyl groups is 1. The zero-order chi connectivity index (χ0) is 34.5. The highest BCUT2D eigenvalue weighted by Gasteiger charge is 2.53. The van der Waals surface area contributed by atoms with Crippen molar-refractivity contribution >= 4 is 5.97 Å². The van der Waals surface area contributed by atoms with Gasteiger partial charge in [-0.05, 0) is 118 Å². The Kier molecular flexibility index (Phi) is 14.6. The largest absolute Gasteiger partial charge is 0.481 e. The van der Waals surface area contributed by atoms with E-state index in [9.17, 15) is 15.0 Å². The number of allylic oxidation sites excluding steroid dienone is 4. The number of carboxylic acid groups (broad SMARTS) is 1. The van der Waals surface area contributed by atoms with Crippen LogP contribution in [-0.2, 0) is 16.6 Å². The van der Waals surface area contributed by atoms with Crippen LogP contribution in [0.4, 0.5) is 0 Å². The molecule has 2 saturated carbocycles. The Balaban J connectivity index is 1.44. The van der Waals surface area contributed by atoms with Gasteiger partial charge in [-0.1, -0.05) is 136 Å². The van der Waals surface area contributed by atoms with Crippen LogP contribution in [0.25, 0.3) is 0 Å². The molecule has 0 amide bonds. The highest BCUT2D eigenvalue weighted by Crippen LogP contribution is 2.56. The quantitative estimate of drug-likeness (QED) is 0.147. The molecule has 2 aromatic carbocycles. The molecule has 4 heteroatoms. The summed E-state index contributed by atoms with van der Waals surface area (Å²) in [7, 11) is 0. The standard InChI is InChI=1S/C45H65NO3/c1-34(47)42(44(48)49)43-40(29-32-46)38(27-28-41(43)45(30-15-6-16-31-45)39-23-13-5-14-24-39)33-37(26-25-36-20-10-3-11-21-36)22-12-4-9-19-35-17-7-2-8-18-35/h3-5,10-14,20-21,23-24,27-28,34-35,37-38,40-43,47H,2,6-9,15-19,22,25-26,29-33,46H2,1H3,(H,48,49)/t34-,37-,38-,40+,41?,42-,43+/m0/s1. The molecule has 1 unspecified atom stereocenters.